The molecule has 0 saturated heterocycles. The molecule has 0 aromatic heterocycles. The maximum Gasteiger partial charge on any atom is 0.00787 e. The van der Waals surface area contributed by atoms with Gasteiger partial charge in [-0.15, -0.1) is 24.0 Å². The molecule has 1 unspecified atom stereocenters. The molecule has 0 nitrogen and oxygen atoms in total. The molecule has 0 aliphatic heterocycles. The molecule has 0 aliphatic carbocycles. The van der Waals surface area contributed by atoms with Crippen molar-refractivity contribution in [3.05, 3.63) is 0 Å². The number of alkyl halides is 1. The lowest BCUT2D eigenvalue weighted by molar-refractivity contribution is 0.938. The van der Waals surface area contributed by atoms with Crippen LogP contribution in [0.5, 0.6) is 0 Å². The summed E-state index contributed by atoms with van der Waals surface area (Å²) in [5.74, 6) is 0. The van der Waals surface area contributed by atoms with Crippen molar-refractivity contribution in [2.45, 2.75) is 24.2 Å². The van der Waals surface area contributed by atoms with Crippen LogP contribution in [0.25, 0.3) is 0 Å². The standard InChI is InChI=1S/C4H9I.HI/c1-3-4(2)5;/h4H,3H2,1-2H3;1H. The van der Waals surface area contributed by atoms with Gasteiger partial charge < -0.3 is 0 Å². The summed E-state index contributed by atoms with van der Waals surface area (Å²) < 4.78 is 0.854. The smallest absolute Gasteiger partial charge is 0.00787 e. The van der Waals surface area contributed by atoms with Crippen LogP contribution in [0.1, 0.15) is 20.3 Å². The van der Waals surface area contributed by atoms with Crippen LogP contribution in [0.2, 0.25) is 0 Å². The molecular weight excluding hydrogens is 302 g/mol. The van der Waals surface area contributed by atoms with Crippen LogP contribution in [0.3, 0.4) is 0 Å². The van der Waals surface area contributed by atoms with E-state index in [1.165, 1.54) is 6.42 Å². The van der Waals surface area contributed by atoms with Gasteiger partial charge in [-0.3, -0.25) is 0 Å². The molecule has 0 N–H and O–H groups in total. The van der Waals surface area contributed by atoms with Gasteiger partial charge in [0, 0.05) is 3.92 Å². The Morgan fingerprint density at radius 1 is 1.67 bits per heavy atom. The Morgan fingerprint density at radius 2 is 1.83 bits per heavy atom. The summed E-state index contributed by atoms with van der Waals surface area (Å²) in [7, 11) is 0. The van der Waals surface area contributed by atoms with Crippen molar-refractivity contribution < 1.29 is 0 Å². The second-order valence-electron chi connectivity index (χ2n) is 1.19. The predicted octanol–water partition coefficient (Wildman–Crippen LogP) is 2.84. The van der Waals surface area contributed by atoms with Crippen LogP contribution in [-0.2, 0) is 0 Å². The summed E-state index contributed by atoms with van der Waals surface area (Å²) in [6.07, 6.45) is 1.29. The maximum absolute atomic E-state index is 2.41. The van der Waals surface area contributed by atoms with Gasteiger partial charge in [-0.2, -0.15) is 0 Å². The molecule has 40 valence electrons. The minimum absolute atomic E-state index is 0. The Labute approximate surface area is 70.2 Å². The average Bonchev–Trinajstić information content (AvgIpc) is 1.38. The van der Waals surface area contributed by atoms with Crippen LogP contribution in [-0.4, -0.2) is 3.92 Å². The number of halogens is 2. The first-order chi connectivity index (χ1) is 2.27. The fraction of sp³-hybridized carbons (Fsp3) is 1.00. The number of hydrogen-bond acceptors (Lipinski definition) is 0. The van der Waals surface area contributed by atoms with Crippen molar-refractivity contribution >= 4 is 46.6 Å². The summed E-state index contributed by atoms with van der Waals surface area (Å²) in [4.78, 5) is 0. The lowest BCUT2D eigenvalue weighted by atomic mass is 10.4. The quantitative estimate of drug-likeness (QED) is 0.516. The second-order valence-corrected chi connectivity index (χ2v) is 3.32. The lowest BCUT2D eigenvalue weighted by Crippen LogP contribution is -1.79. The Kier molecular flexibility index (Phi) is 11.2. The minimum atomic E-state index is 0. The van der Waals surface area contributed by atoms with E-state index in [0.29, 0.717) is 0 Å². The van der Waals surface area contributed by atoms with Crippen LogP contribution < -0.4 is 0 Å². The van der Waals surface area contributed by atoms with Gasteiger partial charge in [0.1, 0.15) is 0 Å². The fourth-order valence-electron chi connectivity index (χ4n) is 0. The van der Waals surface area contributed by atoms with Gasteiger partial charge in [0.2, 0.25) is 0 Å². The molecule has 0 amide bonds. The van der Waals surface area contributed by atoms with Crippen molar-refractivity contribution in [1.29, 1.82) is 0 Å². The van der Waals surface area contributed by atoms with E-state index in [1.807, 2.05) is 0 Å². The predicted molar refractivity (Wildman–Crippen MR) is 49.2 cm³/mol. The molecular formula is C4H10I2. The highest BCUT2D eigenvalue weighted by Gasteiger charge is 1.82. The van der Waals surface area contributed by atoms with Gasteiger partial charge in [-0.1, -0.05) is 36.4 Å². The van der Waals surface area contributed by atoms with Gasteiger partial charge in [0.15, 0.2) is 0 Å². The third-order valence-electron chi connectivity index (χ3n) is 0.563. The Bertz CT molecular complexity index is 19.5. The van der Waals surface area contributed by atoms with Gasteiger partial charge in [0.05, 0.1) is 0 Å². The average molecular weight is 312 g/mol. The zero-order chi connectivity index (χ0) is 4.28. The first-order valence-electron chi connectivity index (χ1n) is 1.91. The molecule has 1 atom stereocenters. The molecule has 0 aromatic rings. The van der Waals surface area contributed by atoms with E-state index in [2.05, 4.69) is 36.4 Å². The van der Waals surface area contributed by atoms with E-state index < -0.39 is 0 Å². The number of hydrogen-bond donors (Lipinski definition) is 0. The van der Waals surface area contributed by atoms with Crippen LogP contribution in [0.4, 0.5) is 0 Å². The normalized spacial score (nSPS) is 12.5. The second kappa shape index (κ2) is 6.46. The molecule has 0 heterocycles. The van der Waals surface area contributed by atoms with Crippen LogP contribution in [0, 0.1) is 0 Å². The molecule has 0 bridgehead atoms. The maximum atomic E-state index is 2.41. The summed E-state index contributed by atoms with van der Waals surface area (Å²) in [6, 6.07) is 0. The van der Waals surface area contributed by atoms with Crippen LogP contribution in [0.15, 0.2) is 0 Å². The summed E-state index contributed by atoms with van der Waals surface area (Å²) in [5.41, 5.74) is 0. The van der Waals surface area contributed by atoms with E-state index in [1.54, 1.807) is 0 Å². The first-order valence-corrected chi connectivity index (χ1v) is 3.16. The van der Waals surface area contributed by atoms with Gasteiger partial charge in [-0.05, 0) is 6.42 Å². The highest BCUT2D eigenvalue weighted by molar-refractivity contribution is 14.1. The highest BCUT2D eigenvalue weighted by atomic mass is 127. The largest absolute Gasteiger partial charge is 0.107 e. The van der Waals surface area contributed by atoms with Gasteiger partial charge in [-0.25, -0.2) is 0 Å². The fourth-order valence-corrected chi connectivity index (χ4v) is 0. The Balaban J connectivity index is 0. The topological polar surface area (TPSA) is 0 Å². The van der Waals surface area contributed by atoms with E-state index in [-0.39, 0.29) is 24.0 Å². The Morgan fingerprint density at radius 3 is 1.83 bits per heavy atom. The van der Waals surface area contributed by atoms with Crippen molar-refractivity contribution in [1.82, 2.24) is 0 Å². The molecule has 0 aromatic carbocycles. The molecule has 0 rings (SSSR count). The van der Waals surface area contributed by atoms with Crippen molar-refractivity contribution in [2.75, 3.05) is 0 Å². The number of rotatable bonds is 1. The van der Waals surface area contributed by atoms with E-state index in [0.717, 1.165) is 3.92 Å². The van der Waals surface area contributed by atoms with E-state index >= 15 is 0 Å². The third kappa shape index (κ3) is 9.07. The molecule has 0 saturated carbocycles. The molecule has 6 heavy (non-hydrogen) atoms. The summed E-state index contributed by atoms with van der Waals surface area (Å²) in [6.45, 7) is 4.40. The molecule has 0 radical (unpaired) electrons. The monoisotopic (exact) mass is 312 g/mol. The van der Waals surface area contributed by atoms with Crippen molar-refractivity contribution in [3.63, 3.8) is 0 Å². The molecule has 0 aliphatic rings. The molecule has 2 heteroatoms. The minimum Gasteiger partial charge on any atom is -0.107 e. The zero-order valence-corrected chi connectivity index (χ0v) is 8.56. The third-order valence-corrected chi connectivity index (χ3v) is 1.44. The summed E-state index contributed by atoms with van der Waals surface area (Å²) in [5, 5.41) is 0. The SMILES string of the molecule is CCC(C)I.I. The van der Waals surface area contributed by atoms with Crippen molar-refractivity contribution in [2.24, 2.45) is 0 Å². The van der Waals surface area contributed by atoms with Gasteiger partial charge >= 0.3 is 0 Å². The van der Waals surface area contributed by atoms with E-state index in [4.69, 9.17) is 0 Å². The van der Waals surface area contributed by atoms with E-state index in [9.17, 15) is 0 Å². The Hall–Kier alpha value is 1.46. The van der Waals surface area contributed by atoms with Crippen molar-refractivity contribution in [3.8, 4) is 0 Å². The summed E-state index contributed by atoms with van der Waals surface area (Å²) >= 11 is 2.41. The molecule has 0 fully saturated rings. The zero-order valence-electron chi connectivity index (χ0n) is 4.07. The molecule has 0 spiro atoms. The highest BCUT2D eigenvalue weighted by Crippen LogP contribution is 2.00. The lowest BCUT2D eigenvalue weighted by Gasteiger charge is -1.88. The van der Waals surface area contributed by atoms with Gasteiger partial charge in [0.25, 0.3) is 0 Å². The first kappa shape index (κ1) is 10.4. The van der Waals surface area contributed by atoms with Crippen LogP contribution >= 0.6 is 46.6 Å².